The van der Waals surface area contributed by atoms with Crippen LogP contribution >= 0.6 is 15.9 Å². The maximum atomic E-state index is 11.0. The molecule has 4 nitrogen and oxygen atoms in total. The largest absolute Gasteiger partial charge is 0.294 e. The third-order valence-electron chi connectivity index (χ3n) is 1.76. The number of rotatable bonds is 1. The van der Waals surface area contributed by atoms with E-state index >= 15 is 0 Å². The quantitative estimate of drug-likeness (QED) is 0.774. The first-order chi connectivity index (χ1) is 6.18. The lowest BCUT2D eigenvalue weighted by molar-refractivity contribution is 0.101. The summed E-state index contributed by atoms with van der Waals surface area (Å²) in [5, 5.41) is 6.71. The standard InChI is InChI=1S/C8H6BrN3O/c1-4(13)5-2-6-7(10-3-5)8(9)12-11-6/h2-3H,1H3,(H,11,12). The summed E-state index contributed by atoms with van der Waals surface area (Å²) in [5.74, 6) is -0.00600. The number of aromatic amines is 1. The topological polar surface area (TPSA) is 58.6 Å². The van der Waals surface area contributed by atoms with Gasteiger partial charge in [0.25, 0.3) is 0 Å². The number of carbonyl (C=O) groups excluding carboxylic acids is 1. The van der Waals surface area contributed by atoms with Crippen molar-refractivity contribution in [3.63, 3.8) is 0 Å². The number of hydrogen-bond acceptors (Lipinski definition) is 3. The summed E-state index contributed by atoms with van der Waals surface area (Å²) in [6.45, 7) is 1.50. The van der Waals surface area contributed by atoms with Crippen molar-refractivity contribution in [2.75, 3.05) is 0 Å². The van der Waals surface area contributed by atoms with Crippen LogP contribution in [0, 0.1) is 0 Å². The van der Waals surface area contributed by atoms with Gasteiger partial charge in [-0.1, -0.05) is 0 Å². The normalized spacial score (nSPS) is 10.6. The van der Waals surface area contributed by atoms with Gasteiger partial charge >= 0.3 is 0 Å². The number of nitrogens with zero attached hydrogens (tertiary/aromatic N) is 2. The molecule has 0 spiro atoms. The molecule has 5 heteroatoms. The molecule has 0 aliphatic carbocycles. The Labute approximate surface area is 82.5 Å². The lowest BCUT2D eigenvalue weighted by atomic mass is 10.2. The van der Waals surface area contributed by atoms with Gasteiger partial charge in [-0.25, -0.2) is 0 Å². The van der Waals surface area contributed by atoms with Crippen LogP contribution in [-0.2, 0) is 0 Å². The van der Waals surface area contributed by atoms with Gasteiger partial charge in [0, 0.05) is 11.8 Å². The first-order valence-electron chi connectivity index (χ1n) is 3.69. The molecule has 2 aromatic rings. The van der Waals surface area contributed by atoms with E-state index in [9.17, 15) is 4.79 Å². The highest BCUT2D eigenvalue weighted by molar-refractivity contribution is 9.10. The summed E-state index contributed by atoms with van der Waals surface area (Å²) in [5.41, 5.74) is 2.01. The molecule has 0 aliphatic heterocycles. The van der Waals surface area contributed by atoms with Crippen LogP contribution in [0.5, 0.6) is 0 Å². The average molecular weight is 240 g/mol. The van der Waals surface area contributed by atoms with E-state index < -0.39 is 0 Å². The molecule has 0 aromatic carbocycles. The predicted molar refractivity (Wildman–Crippen MR) is 51.6 cm³/mol. The number of hydrogen-bond donors (Lipinski definition) is 1. The number of pyridine rings is 1. The Morgan fingerprint density at radius 3 is 3.08 bits per heavy atom. The third kappa shape index (κ3) is 1.35. The molecule has 0 fully saturated rings. The van der Waals surface area contributed by atoms with E-state index in [4.69, 9.17) is 0 Å². The van der Waals surface area contributed by atoms with Gasteiger partial charge in [-0.3, -0.25) is 14.9 Å². The lowest BCUT2D eigenvalue weighted by Crippen LogP contribution is -1.92. The number of aromatic nitrogens is 3. The molecule has 0 radical (unpaired) electrons. The first-order valence-corrected chi connectivity index (χ1v) is 4.48. The Kier molecular flexibility index (Phi) is 1.88. The molecule has 66 valence electrons. The van der Waals surface area contributed by atoms with Crippen LogP contribution in [0.1, 0.15) is 17.3 Å². The van der Waals surface area contributed by atoms with Crippen LogP contribution in [0.2, 0.25) is 0 Å². The molecule has 0 amide bonds. The molecule has 1 N–H and O–H groups in total. The van der Waals surface area contributed by atoms with Crippen LogP contribution in [-0.4, -0.2) is 21.0 Å². The molecule has 2 aromatic heterocycles. The van der Waals surface area contributed by atoms with Gasteiger partial charge in [0.1, 0.15) is 15.6 Å². The maximum Gasteiger partial charge on any atom is 0.161 e. The molecule has 2 rings (SSSR count). The Morgan fingerprint density at radius 2 is 2.38 bits per heavy atom. The zero-order valence-electron chi connectivity index (χ0n) is 6.84. The van der Waals surface area contributed by atoms with Crippen LogP contribution in [0.4, 0.5) is 0 Å². The molecular weight excluding hydrogens is 234 g/mol. The fraction of sp³-hybridized carbons (Fsp3) is 0.125. The highest BCUT2D eigenvalue weighted by atomic mass is 79.9. The molecular formula is C8H6BrN3O. The van der Waals surface area contributed by atoms with Gasteiger partial charge in [-0.15, -0.1) is 0 Å². The monoisotopic (exact) mass is 239 g/mol. The second-order valence-corrected chi connectivity index (χ2v) is 3.48. The smallest absolute Gasteiger partial charge is 0.161 e. The van der Waals surface area contributed by atoms with Crippen molar-refractivity contribution in [2.45, 2.75) is 6.92 Å². The number of H-pyrrole nitrogens is 1. The van der Waals surface area contributed by atoms with E-state index in [-0.39, 0.29) is 5.78 Å². The Hall–Kier alpha value is -1.23. The number of halogens is 1. The van der Waals surface area contributed by atoms with Crippen molar-refractivity contribution in [3.8, 4) is 0 Å². The highest BCUT2D eigenvalue weighted by Gasteiger charge is 2.06. The molecule has 0 saturated carbocycles. The fourth-order valence-electron chi connectivity index (χ4n) is 1.06. The fourth-order valence-corrected chi connectivity index (χ4v) is 1.46. The predicted octanol–water partition coefficient (Wildman–Crippen LogP) is 1.92. The number of nitrogens with one attached hydrogen (secondary N) is 1. The average Bonchev–Trinajstić information content (AvgIpc) is 2.47. The Balaban J connectivity index is 2.70. The van der Waals surface area contributed by atoms with Crippen molar-refractivity contribution in [2.24, 2.45) is 0 Å². The number of fused-ring (bicyclic) bond motifs is 1. The number of carbonyl (C=O) groups is 1. The SMILES string of the molecule is CC(=O)c1cnc2c(Br)[nH]nc2c1. The minimum atomic E-state index is -0.00600. The molecule has 0 saturated heterocycles. The Bertz CT molecular complexity index is 477. The lowest BCUT2D eigenvalue weighted by Gasteiger charge is -1.92. The molecule has 0 atom stereocenters. The van der Waals surface area contributed by atoms with Crippen LogP contribution in [0.3, 0.4) is 0 Å². The van der Waals surface area contributed by atoms with Gasteiger partial charge in [0.2, 0.25) is 0 Å². The van der Waals surface area contributed by atoms with Crippen LogP contribution in [0.25, 0.3) is 11.0 Å². The Morgan fingerprint density at radius 1 is 1.62 bits per heavy atom. The van der Waals surface area contributed by atoms with Gasteiger partial charge in [0.05, 0.1) is 0 Å². The van der Waals surface area contributed by atoms with E-state index in [1.165, 1.54) is 6.92 Å². The summed E-state index contributed by atoms with van der Waals surface area (Å²) in [6, 6.07) is 1.71. The van der Waals surface area contributed by atoms with Crippen molar-refractivity contribution >= 4 is 32.7 Å². The van der Waals surface area contributed by atoms with Gasteiger partial charge < -0.3 is 0 Å². The van der Waals surface area contributed by atoms with E-state index in [1.807, 2.05) is 0 Å². The van der Waals surface area contributed by atoms with Crippen molar-refractivity contribution in [1.82, 2.24) is 15.2 Å². The highest BCUT2D eigenvalue weighted by Crippen LogP contribution is 2.18. The van der Waals surface area contributed by atoms with Crippen molar-refractivity contribution in [3.05, 3.63) is 22.4 Å². The second kappa shape index (κ2) is 2.92. The summed E-state index contributed by atoms with van der Waals surface area (Å²) < 4.78 is 0.734. The van der Waals surface area contributed by atoms with E-state index in [2.05, 4.69) is 31.1 Å². The summed E-state index contributed by atoms with van der Waals surface area (Å²) in [4.78, 5) is 15.1. The van der Waals surface area contributed by atoms with Crippen molar-refractivity contribution in [1.29, 1.82) is 0 Å². The van der Waals surface area contributed by atoms with E-state index in [0.29, 0.717) is 11.1 Å². The zero-order valence-corrected chi connectivity index (χ0v) is 8.42. The first kappa shape index (κ1) is 8.37. The van der Waals surface area contributed by atoms with Gasteiger partial charge in [-0.2, -0.15) is 5.10 Å². The third-order valence-corrected chi connectivity index (χ3v) is 2.31. The number of Topliss-reactive ketones (excluding diaryl/α,β-unsaturated/α-hetero) is 1. The maximum absolute atomic E-state index is 11.0. The van der Waals surface area contributed by atoms with Crippen molar-refractivity contribution < 1.29 is 4.79 Å². The minimum Gasteiger partial charge on any atom is -0.294 e. The molecule has 0 aliphatic rings. The van der Waals surface area contributed by atoms with E-state index in [1.54, 1.807) is 12.3 Å². The summed E-state index contributed by atoms with van der Waals surface area (Å²) in [7, 11) is 0. The molecule has 0 unspecified atom stereocenters. The summed E-state index contributed by atoms with van der Waals surface area (Å²) >= 11 is 3.26. The van der Waals surface area contributed by atoms with Crippen LogP contribution in [0.15, 0.2) is 16.9 Å². The van der Waals surface area contributed by atoms with Gasteiger partial charge in [0.15, 0.2) is 5.78 Å². The number of ketones is 1. The summed E-state index contributed by atoms with van der Waals surface area (Å²) in [6.07, 6.45) is 1.55. The second-order valence-electron chi connectivity index (χ2n) is 2.69. The molecule has 13 heavy (non-hydrogen) atoms. The van der Waals surface area contributed by atoms with Gasteiger partial charge in [-0.05, 0) is 28.9 Å². The molecule has 0 bridgehead atoms. The zero-order chi connectivity index (χ0) is 9.42. The minimum absolute atomic E-state index is 0.00600. The molecule has 2 heterocycles. The van der Waals surface area contributed by atoms with E-state index in [0.717, 1.165) is 10.1 Å². The van der Waals surface area contributed by atoms with Crippen LogP contribution < -0.4 is 0 Å².